The van der Waals surface area contributed by atoms with E-state index < -0.39 is 12.2 Å². The molecule has 1 N–H and O–H groups in total. The van der Waals surface area contributed by atoms with E-state index in [0.717, 1.165) is 6.42 Å². The number of rotatable bonds is 1. The first-order valence-electron chi connectivity index (χ1n) is 3.72. The van der Waals surface area contributed by atoms with Crippen LogP contribution in [0, 0.1) is 0 Å². The molecular weight excluding hydrogens is 144 g/mol. The monoisotopic (exact) mass is 156 g/mol. The number of allylic oxidation sites excluding steroid dienone is 1. The van der Waals surface area contributed by atoms with Crippen molar-refractivity contribution >= 4 is 5.97 Å². The first-order chi connectivity index (χ1) is 5.20. The SMILES string of the molecule is CC(=O)O[C@@H]1C=CCC[C@H]1O. The molecule has 3 nitrogen and oxygen atoms in total. The molecule has 0 amide bonds. The van der Waals surface area contributed by atoms with Gasteiger partial charge in [-0.05, 0) is 18.9 Å². The minimum atomic E-state index is -0.524. The van der Waals surface area contributed by atoms with Gasteiger partial charge in [-0.2, -0.15) is 0 Å². The van der Waals surface area contributed by atoms with Crippen molar-refractivity contribution in [1.29, 1.82) is 0 Å². The molecule has 0 aromatic carbocycles. The summed E-state index contributed by atoms with van der Waals surface area (Å²) in [7, 11) is 0. The Morgan fingerprint density at radius 3 is 3.00 bits per heavy atom. The van der Waals surface area contributed by atoms with Crippen molar-refractivity contribution < 1.29 is 14.6 Å². The van der Waals surface area contributed by atoms with Crippen LogP contribution in [-0.2, 0) is 9.53 Å². The standard InChI is InChI=1S/C8H12O3/c1-6(9)11-8-5-3-2-4-7(8)10/h3,5,7-8,10H,2,4H2,1H3/t7-,8-/m1/s1. The number of hydrogen-bond donors (Lipinski definition) is 1. The summed E-state index contributed by atoms with van der Waals surface area (Å²) in [5.74, 6) is -0.347. The zero-order valence-corrected chi connectivity index (χ0v) is 6.49. The van der Waals surface area contributed by atoms with Crippen LogP contribution in [0.3, 0.4) is 0 Å². The van der Waals surface area contributed by atoms with Gasteiger partial charge in [0.1, 0.15) is 6.10 Å². The summed E-state index contributed by atoms with van der Waals surface area (Å²) in [6.45, 7) is 1.34. The van der Waals surface area contributed by atoms with Gasteiger partial charge in [-0.3, -0.25) is 4.79 Å². The fourth-order valence-corrected chi connectivity index (χ4v) is 1.10. The minimum Gasteiger partial charge on any atom is -0.456 e. The third-order valence-electron chi connectivity index (χ3n) is 1.64. The molecule has 0 aromatic heterocycles. The Morgan fingerprint density at radius 2 is 2.45 bits per heavy atom. The van der Waals surface area contributed by atoms with E-state index in [9.17, 15) is 9.90 Å². The lowest BCUT2D eigenvalue weighted by Gasteiger charge is -2.22. The third-order valence-corrected chi connectivity index (χ3v) is 1.64. The Kier molecular flexibility index (Phi) is 2.65. The maximum atomic E-state index is 10.5. The van der Waals surface area contributed by atoms with Gasteiger partial charge in [-0.1, -0.05) is 6.08 Å². The summed E-state index contributed by atoms with van der Waals surface area (Å²) < 4.78 is 4.83. The molecule has 1 aliphatic rings. The van der Waals surface area contributed by atoms with Crippen molar-refractivity contribution in [2.75, 3.05) is 0 Å². The molecule has 0 spiro atoms. The van der Waals surface area contributed by atoms with Gasteiger partial charge in [0.05, 0.1) is 6.10 Å². The lowest BCUT2D eigenvalue weighted by atomic mass is 10.0. The Morgan fingerprint density at radius 1 is 1.73 bits per heavy atom. The predicted octanol–water partition coefficient (Wildman–Crippen LogP) is 0.629. The van der Waals surface area contributed by atoms with Gasteiger partial charge in [-0.25, -0.2) is 0 Å². The molecule has 0 aromatic rings. The molecule has 62 valence electrons. The number of carbonyl (C=O) groups excluding carboxylic acids is 1. The van der Waals surface area contributed by atoms with Crippen molar-refractivity contribution in [1.82, 2.24) is 0 Å². The quantitative estimate of drug-likeness (QED) is 0.447. The van der Waals surface area contributed by atoms with Crippen LogP contribution >= 0.6 is 0 Å². The number of carbonyl (C=O) groups is 1. The van der Waals surface area contributed by atoms with Gasteiger partial charge in [-0.15, -0.1) is 0 Å². The van der Waals surface area contributed by atoms with Crippen LogP contribution in [-0.4, -0.2) is 23.3 Å². The van der Waals surface area contributed by atoms with Crippen LogP contribution in [0.5, 0.6) is 0 Å². The van der Waals surface area contributed by atoms with E-state index >= 15 is 0 Å². The second-order valence-corrected chi connectivity index (χ2v) is 2.65. The van der Waals surface area contributed by atoms with E-state index in [1.165, 1.54) is 6.92 Å². The highest BCUT2D eigenvalue weighted by molar-refractivity contribution is 5.66. The second kappa shape index (κ2) is 3.53. The molecule has 0 heterocycles. The highest BCUT2D eigenvalue weighted by Gasteiger charge is 2.20. The van der Waals surface area contributed by atoms with Crippen molar-refractivity contribution in [2.45, 2.75) is 32.0 Å². The molecular formula is C8H12O3. The average Bonchev–Trinajstić information content (AvgIpc) is 1.93. The lowest BCUT2D eigenvalue weighted by molar-refractivity contribution is -0.149. The van der Waals surface area contributed by atoms with Crippen LogP contribution in [0.15, 0.2) is 12.2 Å². The molecule has 0 saturated heterocycles. The molecule has 0 bridgehead atoms. The summed E-state index contributed by atoms with van der Waals surface area (Å²) >= 11 is 0. The Labute approximate surface area is 65.7 Å². The average molecular weight is 156 g/mol. The van der Waals surface area contributed by atoms with Gasteiger partial charge in [0.2, 0.25) is 0 Å². The first kappa shape index (κ1) is 8.27. The Bertz CT molecular complexity index is 174. The summed E-state index contributed by atoms with van der Waals surface area (Å²) in [6, 6.07) is 0. The van der Waals surface area contributed by atoms with Crippen LogP contribution in [0.4, 0.5) is 0 Å². The van der Waals surface area contributed by atoms with E-state index in [-0.39, 0.29) is 5.97 Å². The summed E-state index contributed by atoms with van der Waals surface area (Å²) in [5, 5.41) is 9.29. The smallest absolute Gasteiger partial charge is 0.303 e. The Balaban J connectivity index is 2.48. The molecule has 1 rings (SSSR count). The number of ether oxygens (including phenoxy) is 1. The van der Waals surface area contributed by atoms with Crippen molar-refractivity contribution in [2.24, 2.45) is 0 Å². The van der Waals surface area contributed by atoms with E-state index in [2.05, 4.69) is 0 Å². The number of esters is 1. The summed E-state index contributed by atoms with van der Waals surface area (Å²) in [4.78, 5) is 10.5. The van der Waals surface area contributed by atoms with Gasteiger partial charge >= 0.3 is 5.97 Å². The summed E-state index contributed by atoms with van der Waals surface area (Å²) in [5.41, 5.74) is 0. The third kappa shape index (κ3) is 2.35. The zero-order valence-electron chi connectivity index (χ0n) is 6.49. The number of aliphatic hydroxyl groups is 1. The van der Waals surface area contributed by atoms with Crippen LogP contribution in [0.1, 0.15) is 19.8 Å². The molecule has 11 heavy (non-hydrogen) atoms. The molecule has 0 radical (unpaired) electrons. The Hall–Kier alpha value is -0.830. The topological polar surface area (TPSA) is 46.5 Å². The molecule has 3 heteroatoms. The highest BCUT2D eigenvalue weighted by atomic mass is 16.6. The van der Waals surface area contributed by atoms with Gasteiger partial charge in [0.15, 0.2) is 0 Å². The zero-order chi connectivity index (χ0) is 8.27. The normalized spacial score (nSPS) is 30.0. The van der Waals surface area contributed by atoms with E-state index in [4.69, 9.17) is 4.74 Å². The highest BCUT2D eigenvalue weighted by Crippen LogP contribution is 2.14. The largest absolute Gasteiger partial charge is 0.456 e. The predicted molar refractivity (Wildman–Crippen MR) is 39.9 cm³/mol. The number of aliphatic hydroxyl groups excluding tert-OH is 1. The van der Waals surface area contributed by atoms with Crippen LogP contribution in [0.2, 0.25) is 0 Å². The molecule has 0 fully saturated rings. The van der Waals surface area contributed by atoms with Gasteiger partial charge in [0, 0.05) is 6.92 Å². The maximum Gasteiger partial charge on any atom is 0.303 e. The molecule has 2 atom stereocenters. The van der Waals surface area contributed by atoms with Gasteiger partial charge in [0.25, 0.3) is 0 Å². The fraction of sp³-hybridized carbons (Fsp3) is 0.625. The van der Waals surface area contributed by atoms with E-state index in [1.54, 1.807) is 6.08 Å². The van der Waals surface area contributed by atoms with Gasteiger partial charge < -0.3 is 9.84 Å². The van der Waals surface area contributed by atoms with Crippen LogP contribution in [0.25, 0.3) is 0 Å². The van der Waals surface area contributed by atoms with Crippen molar-refractivity contribution in [3.8, 4) is 0 Å². The molecule has 1 aliphatic carbocycles. The van der Waals surface area contributed by atoms with Crippen LogP contribution < -0.4 is 0 Å². The molecule has 0 unspecified atom stereocenters. The maximum absolute atomic E-state index is 10.5. The van der Waals surface area contributed by atoms with Crippen molar-refractivity contribution in [3.63, 3.8) is 0 Å². The summed E-state index contributed by atoms with van der Waals surface area (Å²) in [6.07, 6.45) is 4.23. The number of hydrogen-bond acceptors (Lipinski definition) is 3. The fourth-order valence-electron chi connectivity index (χ4n) is 1.10. The second-order valence-electron chi connectivity index (χ2n) is 2.65. The molecule has 0 saturated carbocycles. The van der Waals surface area contributed by atoms with E-state index in [1.807, 2.05) is 6.08 Å². The molecule has 0 aliphatic heterocycles. The van der Waals surface area contributed by atoms with E-state index in [0.29, 0.717) is 6.42 Å². The first-order valence-corrected chi connectivity index (χ1v) is 3.72. The minimum absolute atomic E-state index is 0.347. The van der Waals surface area contributed by atoms with Crippen molar-refractivity contribution in [3.05, 3.63) is 12.2 Å². The lowest BCUT2D eigenvalue weighted by Crippen LogP contribution is -2.30.